The van der Waals surface area contributed by atoms with E-state index in [-0.39, 0.29) is 12.4 Å². The Balaban J connectivity index is 2.27. The lowest BCUT2D eigenvalue weighted by Gasteiger charge is -2.33. The molecule has 2 aromatic rings. The molecule has 2 heterocycles. The van der Waals surface area contributed by atoms with Gasteiger partial charge in [0.25, 0.3) is 0 Å². The van der Waals surface area contributed by atoms with Gasteiger partial charge < -0.3 is 11.1 Å². The van der Waals surface area contributed by atoms with Gasteiger partial charge in [-0.2, -0.15) is 18.2 Å². The molecule has 8 heteroatoms. The highest BCUT2D eigenvalue weighted by Gasteiger charge is 2.37. The Morgan fingerprint density at radius 2 is 1.96 bits per heavy atom. The zero-order chi connectivity index (χ0) is 19.4. The number of nitrogens with zero attached hydrogens (tertiary/aromatic N) is 3. The zero-order valence-corrected chi connectivity index (χ0v) is 15.4. The van der Waals surface area contributed by atoms with Crippen LogP contribution in [0.3, 0.4) is 0 Å². The lowest BCUT2D eigenvalue weighted by Crippen LogP contribution is -2.37. The minimum atomic E-state index is -4.18. The number of nitrogens with two attached hydrogens (primary N) is 1. The summed E-state index contributed by atoms with van der Waals surface area (Å²) in [5.41, 5.74) is 6.41. The van der Waals surface area contributed by atoms with Gasteiger partial charge in [-0.25, -0.2) is 4.98 Å². The average molecular weight is 369 g/mol. The molecule has 26 heavy (non-hydrogen) atoms. The lowest BCUT2D eigenvalue weighted by atomic mass is 9.86. The topological polar surface area (TPSA) is 76.7 Å². The number of nitrogens with one attached hydrogen (secondary N) is 1. The fraction of sp³-hybridized carbons (Fsp3) is 0.611. The molecule has 0 aromatic carbocycles. The molecule has 0 unspecified atom stereocenters. The van der Waals surface area contributed by atoms with Crippen molar-refractivity contribution in [2.24, 2.45) is 5.92 Å². The summed E-state index contributed by atoms with van der Waals surface area (Å²) in [6, 6.07) is 3.53. The van der Waals surface area contributed by atoms with Crippen molar-refractivity contribution in [1.82, 2.24) is 15.0 Å². The first kappa shape index (κ1) is 20.2. The van der Waals surface area contributed by atoms with Gasteiger partial charge in [-0.05, 0) is 38.3 Å². The van der Waals surface area contributed by atoms with Crippen LogP contribution < -0.4 is 11.1 Å². The van der Waals surface area contributed by atoms with Gasteiger partial charge in [0.2, 0.25) is 5.95 Å². The minimum Gasteiger partial charge on any atom is -0.368 e. The molecule has 0 fully saturated rings. The molecule has 0 saturated carbocycles. The third-order valence-electron chi connectivity index (χ3n) is 4.66. The molecule has 0 saturated heterocycles. The molecular weight excluding hydrogens is 343 g/mol. The van der Waals surface area contributed by atoms with Crippen molar-refractivity contribution in [3.8, 4) is 0 Å². The number of hydrogen-bond acceptors (Lipinski definition) is 5. The molecule has 2 atom stereocenters. The van der Waals surface area contributed by atoms with Crippen LogP contribution in [0, 0.1) is 5.92 Å². The van der Waals surface area contributed by atoms with E-state index in [1.165, 1.54) is 6.92 Å². The van der Waals surface area contributed by atoms with E-state index < -0.39 is 17.6 Å². The van der Waals surface area contributed by atoms with Crippen molar-refractivity contribution in [1.29, 1.82) is 0 Å². The van der Waals surface area contributed by atoms with Gasteiger partial charge >= 0.3 is 6.18 Å². The van der Waals surface area contributed by atoms with E-state index in [9.17, 15) is 13.2 Å². The van der Waals surface area contributed by atoms with E-state index in [0.717, 1.165) is 19.3 Å². The third-order valence-corrected chi connectivity index (χ3v) is 4.66. The molecular formula is C18H26F3N5. The summed E-state index contributed by atoms with van der Waals surface area (Å²) in [5.74, 6) is -0.781. The van der Waals surface area contributed by atoms with Gasteiger partial charge in [-0.15, -0.1) is 0 Å². The fourth-order valence-corrected chi connectivity index (χ4v) is 2.87. The van der Waals surface area contributed by atoms with Gasteiger partial charge in [-0.3, -0.25) is 4.98 Å². The molecule has 144 valence electrons. The number of anilines is 2. The molecule has 2 rings (SSSR count). The van der Waals surface area contributed by atoms with Crippen molar-refractivity contribution in [3.05, 3.63) is 18.3 Å². The Morgan fingerprint density at radius 1 is 1.23 bits per heavy atom. The van der Waals surface area contributed by atoms with Crippen LogP contribution in [0.2, 0.25) is 0 Å². The second kappa shape index (κ2) is 8.05. The fourth-order valence-electron chi connectivity index (χ4n) is 2.87. The quantitative estimate of drug-likeness (QED) is 0.689. The van der Waals surface area contributed by atoms with E-state index in [1.54, 1.807) is 18.3 Å². The van der Waals surface area contributed by atoms with Gasteiger partial charge in [0.15, 0.2) is 5.82 Å². The molecule has 0 aliphatic heterocycles. The van der Waals surface area contributed by atoms with Crippen molar-refractivity contribution < 1.29 is 13.2 Å². The SMILES string of the molecule is CCCC[C@@](C)(CC[C@@H](C)C(F)(F)F)Nc1nc(N)nc2cccnc12. The summed E-state index contributed by atoms with van der Waals surface area (Å²) in [6.07, 6.45) is 0.440. The van der Waals surface area contributed by atoms with Crippen LogP contribution in [0.5, 0.6) is 0 Å². The number of fused-ring (bicyclic) bond motifs is 1. The number of halogens is 3. The number of nitrogen functional groups attached to an aromatic ring is 1. The van der Waals surface area contributed by atoms with Gasteiger partial charge in [0.1, 0.15) is 5.52 Å². The summed E-state index contributed by atoms with van der Waals surface area (Å²) < 4.78 is 38.7. The second-order valence-electron chi connectivity index (χ2n) is 7.07. The van der Waals surface area contributed by atoms with Crippen molar-refractivity contribution in [3.63, 3.8) is 0 Å². The largest absolute Gasteiger partial charge is 0.391 e. The number of aromatic nitrogens is 3. The van der Waals surface area contributed by atoms with Crippen molar-refractivity contribution >= 4 is 22.8 Å². The summed E-state index contributed by atoms with van der Waals surface area (Å²) in [4.78, 5) is 12.7. The summed E-state index contributed by atoms with van der Waals surface area (Å²) in [6.45, 7) is 5.21. The van der Waals surface area contributed by atoms with E-state index in [0.29, 0.717) is 23.3 Å². The predicted octanol–water partition coefficient (Wildman–Crippen LogP) is 4.95. The molecule has 5 nitrogen and oxygen atoms in total. The monoisotopic (exact) mass is 369 g/mol. The number of alkyl halides is 3. The van der Waals surface area contributed by atoms with Crippen molar-refractivity contribution in [2.75, 3.05) is 11.1 Å². The molecule has 0 bridgehead atoms. The van der Waals surface area contributed by atoms with Gasteiger partial charge in [0.05, 0.1) is 11.4 Å². The lowest BCUT2D eigenvalue weighted by molar-refractivity contribution is -0.171. The van der Waals surface area contributed by atoms with Gasteiger partial charge in [0, 0.05) is 11.7 Å². The van der Waals surface area contributed by atoms with Crippen LogP contribution in [0.1, 0.15) is 52.9 Å². The first-order valence-corrected chi connectivity index (χ1v) is 8.88. The van der Waals surface area contributed by atoms with Crippen LogP contribution in [-0.2, 0) is 0 Å². The molecule has 0 aliphatic rings. The summed E-state index contributed by atoms with van der Waals surface area (Å²) >= 11 is 0. The normalized spacial score (nSPS) is 15.6. The van der Waals surface area contributed by atoms with Crippen LogP contribution in [0.4, 0.5) is 24.9 Å². The Hall–Kier alpha value is -2.12. The van der Waals surface area contributed by atoms with Crippen molar-refractivity contribution in [2.45, 2.75) is 64.6 Å². The van der Waals surface area contributed by atoms with Crippen LogP contribution in [0.15, 0.2) is 18.3 Å². The van der Waals surface area contributed by atoms with Crippen LogP contribution in [0.25, 0.3) is 11.0 Å². The highest BCUT2D eigenvalue weighted by molar-refractivity contribution is 5.86. The standard InChI is InChI=1S/C18H26F3N5/c1-4-5-9-17(3,10-8-12(2)18(19,20)21)26-15-14-13(7-6-11-23-14)24-16(22)25-15/h6-7,11-12H,4-5,8-10H2,1-3H3,(H3,22,24,25,26)/t12-,17+/m1/s1. The van der Waals surface area contributed by atoms with Crippen LogP contribution >= 0.6 is 0 Å². The van der Waals surface area contributed by atoms with E-state index in [2.05, 4.69) is 27.2 Å². The van der Waals surface area contributed by atoms with Gasteiger partial charge in [-0.1, -0.05) is 26.7 Å². The predicted molar refractivity (Wildman–Crippen MR) is 97.8 cm³/mol. The Bertz CT molecular complexity index is 734. The first-order chi connectivity index (χ1) is 12.1. The second-order valence-corrected chi connectivity index (χ2v) is 7.07. The number of hydrogen-bond donors (Lipinski definition) is 2. The maximum atomic E-state index is 12.9. The highest BCUT2D eigenvalue weighted by Crippen LogP contribution is 2.34. The average Bonchev–Trinajstić information content (AvgIpc) is 2.57. The summed E-state index contributed by atoms with van der Waals surface area (Å²) in [7, 11) is 0. The maximum absolute atomic E-state index is 12.9. The zero-order valence-electron chi connectivity index (χ0n) is 15.4. The summed E-state index contributed by atoms with van der Waals surface area (Å²) in [5, 5.41) is 3.32. The Labute approximate surface area is 151 Å². The molecule has 0 radical (unpaired) electrons. The Kier molecular flexibility index (Phi) is 6.26. The molecule has 0 amide bonds. The molecule has 3 N–H and O–H groups in total. The third kappa shape index (κ3) is 5.19. The number of rotatable bonds is 8. The molecule has 0 spiro atoms. The van der Waals surface area contributed by atoms with E-state index >= 15 is 0 Å². The highest BCUT2D eigenvalue weighted by atomic mass is 19.4. The molecule has 0 aliphatic carbocycles. The number of pyridine rings is 1. The van der Waals surface area contributed by atoms with Crippen LogP contribution in [-0.4, -0.2) is 26.7 Å². The first-order valence-electron chi connectivity index (χ1n) is 8.88. The smallest absolute Gasteiger partial charge is 0.368 e. The molecule has 2 aromatic heterocycles. The maximum Gasteiger partial charge on any atom is 0.391 e. The Morgan fingerprint density at radius 3 is 2.62 bits per heavy atom. The number of unbranched alkanes of at least 4 members (excludes halogenated alkanes) is 1. The van der Waals surface area contributed by atoms with E-state index in [1.807, 2.05) is 6.92 Å². The van der Waals surface area contributed by atoms with E-state index in [4.69, 9.17) is 5.73 Å². The minimum absolute atomic E-state index is 0.0443.